The highest BCUT2D eigenvalue weighted by Gasteiger charge is 2.41. The molecule has 22 heavy (non-hydrogen) atoms. The van der Waals surface area contributed by atoms with Gasteiger partial charge in [0.2, 0.25) is 0 Å². The zero-order valence-electron chi connectivity index (χ0n) is 12.8. The minimum Gasteiger partial charge on any atom is -0.356 e. The number of likely N-dealkylation sites (tertiary alicyclic amines) is 1. The molecule has 4 heterocycles. The van der Waals surface area contributed by atoms with Gasteiger partial charge in [0.05, 0.1) is 6.54 Å². The number of aromatic nitrogens is 2. The van der Waals surface area contributed by atoms with Crippen LogP contribution in [0.3, 0.4) is 0 Å². The molecule has 0 aromatic carbocycles. The summed E-state index contributed by atoms with van der Waals surface area (Å²) in [6.07, 6.45) is 7.75. The first-order valence-corrected chi connectivity index (χ1v) is 8.98. The van der Waals surface area contributed by atoms with Crippen molar-refractivity contribution in [3.63, 3.8) is 0 Å². The van der Waals surface area contributed by atoms with Gasteiger partial charge in [-0.3, -0.25) is 4.90 Å². The molecule has 2 saturated heterocycles. The number of hydrogen-bond acceptors (Lipinski definition) is 5. The van der Waals surface area contributed by atoms with Crippen LogP contribution in [0.5, 0.6) is 0 Å². The van der Waals surface area contributed by atoms with Crippen molar-refractivity contribution in [1.82, 2.24) is 14.9 Å². The van der Waals surface area contributed by atoms with Gasteiger partial charge in [-0.2, -0.15) is 0 Å². The Morgan fingerprint density at radius 3 is 2.91 bits per heavy atom. The van der Waals surface area contributed by atoms with E-state index < -0.39 is 0 Å². The number of thiazole rings is 1. The van der Waals surface area contributed by atoms with Gasteiger partial charge < -0.3 is 4.90 Å². The van der Waals surface area contributed by atoms with Crippen molar-refractivity contribution >= 4 is 17.2 Å². The van der Waals surface area contributed by atoms with E-state index in [2.05, 4.69) is 37.3 Å². The molecule has 116 valence electrons. The van der Waals surface area contributed by atoms with Crippen molar-refractivity contribution < 1.29 is 0 Å². The van der Waals surface area contributed by atoms with Gasteiger partial charge in [0.1, 0.15) is 10.8 Å². The van der Waals surface area contributed by atoms with Crippen LogP contribution in [0.1, 0.15) is 24.3 Å². The third-order valence-electron chi connectivity index (χ3n) is 4.99. The Morgan fingerprint density at radius 1 is 1.09 bits per heavy atom. The molecule has 0 aliphatic carbocycles. The van der Waals surface area contributed by atoms with Gasteiger partial charge in [-0.05, 0) is 37.9 Å². The minimum atomic E-state index is 0.451. The first-order valence-electron chi connectivity index (χ1n) is 8.10. The maximum atomic E-state index is 4.54. The molecule has 5 heteroatoms. The summed E-state index contributed by atoms with van der Waals surface area (Å²) in [6.45, 7) is 5.72. The standard InChI is InChI=1S/C17H22N4S/c1-2-7-18-15(4-1)21-9-3-5-17(14-21)6-10-20(13-17)12-16-19-8-11-22-16/h1-2,4,7-8,11H,3,5-6,9-10,12-14H2. The number of anilines is 1. The topological polar surface area (TPSA) is 32.3 Å². The zero-order chi connectivity index (χ0) is 14.8. The maximum Gasteiger partial charge on any atom is 0.128 e. The summed E-state index contributed by atoms with van der Waals surface area (Å²) in [4.78, 5) is 14.0. The molecule has 2 aliphatic rings. The fraction of sp³-hybridized carbons (Fsp3) is 0.529. The van der Waals surface area contributed by atoms with Crippen LogP contribution in [0.25, 0.3) is 0 Å². The van der Waals surface area contributed by atoms with Gasteiger partial charge in [-0.25, -0.2) is 9.97 Å². The van der Waals surface area contributed by atoms with E-state index in [4.69, 9.17) is 0 Å². The number of piperidine rings is 1. The van der Waals surface area contributed by atoms with Gasteiger partial charge in [-0.15, -0.1) is 11.3 Å². The van der Waals surface area contributed by atoms with E-state index in [1.165, 1.54) is 37.4 Å². The Bertz CT molecular complexity index is 600. The molecule has 0 amide bonds. The number of pyridine rings is 1. The van der Waals surface area contributed by atoms with E-state index in [1.54, 1.807) is 11.3 Å². The predicted molar refractivity (Wildman–Crippen MR) is 90.1 cm³/mol. The molecule has 2 aliphatic heterocycles. The summed E-state index contributed by atoms with van der Waals surface area (Å²) in [5, 5.41) is 3.32. The lowest BCUT2D eigenvalue weighted by molar-refractivity contribution is 0.216. The highest BCUT2D eigenvalue weighted by molar-refractivity contribution is 7.09. The lowest BCUT2D eigenvalue weighted by atomic mass is 9.79. The fourth-order valence-corrected chi connectivity index (χ4v) is 4.62. The Morgan fingerprint density at radius 2 is 2.09 bits per heavy atom. The third kappa shape index (κ3) is 2.88. The Kier molecular flexibility index (Phi) is 3.84. The molecule has 2 aromatic heterocycles. The van der Waals surface area contributed by atoms with Crippen LogP contribution < -0.4 is 4.90 Å². The summed E-state index contributed by atoms with van der Waals surface area (Å²) in [7, 11) is 0. The van der Waals surface area contributed by atoms with Crippen LogP contribution >= 0.6 is 11.3 Å². The van der Waals surface area contributed by atoms with Crippen molar-refractivity contribution in [2.45, 2.75) is 25.8 Å². The monoisotopic (exact) mass is 314 g/mol. The summed E-state index contributed by atoms with van der Waals surface area (Å²) in [6, 6.07) is 6.23. The van der Waals surface area contributed by atoms with Crippen LogP contribution in [0.4, 0.5) is 5.82 Å². The number of nitrogens with zero attached hydrogens (tertiary/aromatic N) is 4. The summed E-state index contributed by atoms with van der Waals surface area (Å²) in [5.41, 5.74) is 0.451. The average Bonchev–Trinajstić information content (AvgIpc) is 3.20. The van der Waals surface area contributed by atoms with Gasteiger partial charge in [0.25, 0.3) is 0 Å². The minimum absolute atomic E-state index is 0.451. The van der Waals surface area contributed by atoms with Crippen molar-refractivity contribution in [3.8, 4) is 0 Å². The van der Waals surface area contributed by atoms with Crippen LogP contribution in [-0.2, 0) is 6.54 Å². The predicted octanol–water partition coefficient (Wildman–Crippen LogP) is 3.03. The molecule has 1 spiro atoms. The quantitative estimate of drug-likeness (QED) is 0.872. The molecular weight excluding hydrogens is 292 g/mol. The molecule has 2 aromatic rings. The van der Waals surface area contributed by atoms with Crippen molar-refractivity contribution in [2.75, 3.05) is 31.1 Å². The van der Waals surface area contributed by atoms with Crippen molar-refractivity contribution in [1.29, 1.82) is 0 Å². The van der Waals surface area contributed by atoms with E-state index in [0.29, 0.717) is 5.41 Å². The average molecular weight is 314 g/mol. The van der Waals surface area contributed by atoms with Crippen molar-refractivity contribution in [3.05, 3.63) is 41.0 Å². The summed E-state index contributed by atoms with van der Waals surface area (Å²) < 4.78 is 0. The fourth-order valence-electron chi connectivity index (χ4n) is 3.96. The molecule has 0 saturated carbocycles. The third-order valence-corrected chi connectivity index (χ3v) is 5.76. The second-order valence-corrected chi connectivity index (χ2v) is 7.58. The molecule has 1 unspecified atom stereocenters. The number of hydrogen-bond donors (Lipinski definition) is 0. The van der Waals surface area contributed by atoms with E-state index >= 15 is 0 Å². The zero-order valence-corrected chi connectivity index (χ0v) is 13.6. The Balaban J connectivity index is 1.43. The maximum absolute atomic E-state index is 4.54. The van der Waals surface area contributed by atoms with Gasteiger partial charge in [0, 0.05) is 42.8 Å². The summed E-state index contributed by atoms with van der Waals surface area (Å²) in [5.74, 6) is 1.14. The van der Waals surface area contributed by atoms with Gasteiger partial charge >= 0.3 is 0 Å². The lowest BCUT2D eigenvalue weighted by Crippen LogP contribution is -2.45. The molecule has 4 nitrogen and oxygen atoms in total. The Hall–Kier alpha value is -1.46. The van der Waals surface area contributed by atoms with Crippen LogP contribution in [0.2, 0.25) is 0 Å². The second kappa shape index (κ2) is 5.97. The smallest absolute Gasteiger partial charge is 0.128 e. The molecular formula is C17H22N4S. The number of rotatable bonds is 3. The first kappa shape index (κ1) is 14.2. The largest absolute Gasteiger partial charge is 0.356 e. The van der Waals surface area contributed by atoms with E-state index in [-0.39, 0.29) is 0 Å². The summed E-state index contributed by atoms with van der Waals surface area (Å²) >= 11 is 1.77. The first-order chi connectivity index (χ1) is 10.8. The Labute approximate surface area is 135 Å². The normalized spacial score (nSPS) is 25.9. The SMILES string of the molecule is c1ccc(N2CCCC3(CCN(Cc4nccs4)C3)C2)nc1. The molecule has 4 rings (SSSR count). The second-order valence-electron chi connectivity index (χ2n) is 6.60. The molecule has 2 fully saturated rings. The molecule has 0 bridgehead atoms. The van der Waals surface area contributed by atoms with E-state index in [1.807, 2.05) is 18.5 Å². The van der Waals surface area contributed by atoms with Crippen LogP contribution in [0, 0.1) is 5.41 Å². The molecule has 1 atom stereocenters. The van der Waals surface area contributed by atoms with Crippen LogP contribution in [0.15, 0.2) is 36.0 Å². The highest BCUT2D eigenvalue weighted by Crippen LogP contribution is 2.40. The van der Waals surface area contributed by atoms with Gasteiger partial charge in [-0.1, -0.05) is 6.07 Å². The van der Waals surface area contributed by atoms with E-state index in [9.17, 15) is 0 Å². The van der Waals surface area contributed by atoms with Gasteiger partial charge in [0.15, 0.2) is 0 Å². The molecule has 0 N–H and O–H groups in total. The van der Waals surface area contributed by atoms with Crippen molar-refractivity contribution in [2.24, 2.45) is 5.41 Å². The molecule has 0 radical (unpaired) electrons. The van der Waals surface area contributed by atoms with Crippen LogP contribution in [-0.4, -0.2) is 41.0 Å². The highest BCUT2D eigenvalue weighted by atomic mass is 32.1. The lowest BCUT2D eigenvalue weighted by Gasteiger charge is -2.41. The van der Waals surface area contributed by atoms with E-state index in [0.717, 1.165) is 25.5 Å².